The Hall–Kier alpha value is -1.17. The summed E-state index contributed by atoms with van der Waals surface area (Å²) in [5, 5.41) is 0. The van der Waals surface area contributed by atoms with Gasteiger partial charge in [0.2, 0.25) is 0 Å². The SMILES string of the molecule is CCCOCCOCCOCCOc1ccc(C(C)C)cc1F. The zero-order chi connectivity index (χ0) is 16.9. The van der Waals surface area contributed by atoms with E-state index in [1.54, 1.807) is 6.07 Å². The van der Waals surface area contributed by atoms with Crippen LogP contribution in [-0.2, 0) is 14.2 Å². The topological polar surface area (TPSA) is 36.9 Å². The van der Waals surface area contributed by atoms with E-state index in [0.717, 1.165) is 18.6 Å². The molecule has 0 aromatic heterocycles. The molecule has 0 radical (unpaired) electrons. The normalized spacial score (nSPS) is 11.2. The molecule has 0 unspecified atom stereocenters. The summed E-state index contributed by atoms with van der Waals surface area (Å²) in [6.45, 7) is 9.82. The van der Waals surface area contributed by atoms with Crippen LogP contribution in [-0.4, -0.2) is 46.2 Å². The fourth-order valence-corrected chi connectivity index (χ4v) is 1.89. The van der Waals surface area contributed by atoms with Crippen molar-refractivity contribution in [3.63, 3.8) is 0 Å². The molecule has 0 saturated carbocycles. The molecule has 0 aliphatic heterocycles. The van der Waals surface area contributed by atoms with Crippen molar-refractivity contribution in [1.82, 2.24) is 0 Å². The first-order valence-electron chi connectivity index (χ1n) is 8.30. The molecule has 0 amide bonds. The van der Waals surface area contributed by atoms with E-state index in [0.29, 0.717) is 45.6 Å². The first-order valence-corrected chi connectivity index (χ1v) is 8.30. The van der Waals surface area contributed by atoms with Crippen LogP contribution in [0.15, 0.2) is 18.2 Å². The summed E-state index contributed by atoms with van der Waals surface area (Å²) in [5.41, 5.74) is 0.964. The van der Waals surface area contributed by atoms with Gasteiger partial charge < -0.3 is 18.9 Å². The van der Waals surface area contributed by atoms with Crippen LogP contribution in [0.3, 0.4) is 0 Å². The maximum Gasteiger partial charge on any atom is 0.165 e. The molecule has 23 heavy (non-hydrogen) atoms. The smallest absolute Gasteiger partial charge is 0.165 e. The van der Waals surface area contributed by atoms with Crippen molar-refractivity contribution in [2.24, 2.45) is 0 Å². The molecule has 1 aromatic rings. The molecule has 0 N–H and O–H groups in total. The summed E-state index contributed by atoms with van der Waals surface area (Å²) in [6, 6.07) is 5.08. The Morgan fingerprint density at radius 1 is 0.870 bits per heavy atom. The fraction of sp³-hybridized carbons (Fsp3) is 0.667. The second-order valence-electron chi connectivity index (χ2n) is 5.53. The maximum absolute atomic E-state index is 13.8. The Bertz CT molecular complexity index is 423. The van der Waals surface area contributed by atoms with Crippen molar-refractivity contribution < 1.29 is 23.3 Å². The van der Waals surface area contributed by atoms with Gasteiger partial charge in [0, 0.05) is 6.61 Å². The summed E-state index contributed by atoms with van der Waals surface area (Å²) in [6.07, 6.45) is 1.02. The molecule has 0 heterocycles. The van der Waals surface area contributed by atoms with Crippen molar-refractivity contribution in [2.75, 3.05) is 46.2 Å². The van der Waals surface area contributed by atoms with Gasteiger partial charge in [0.15, 0.2) is 11.6 Å². The van der Waals surface area contributed by atoms with Gasteiger partial charge in [0.25, 0.3) is 0 Å². The van der Waals surface area contributed by atoms with Gasteiger partial charge in [-0.25, -0.2) is 4.39 Å². The van der Waals surface area contributed by atoms with Crippen molar-refractivity contribution in [3.05, 3.63) is 29.6 Å². The standard InChI is InChI=1S/C18H29FO4/c1-4-7-20-8-9-21-10-11-22-12-13-23-18-6-5-16(15(2)3)14-17(18)19/h5-6,14-15H,4,7-13H2,1-3H3. The minimum absolute atomic E-state index is 0.266. The van der Waals surface area contributed by atoms with E-state index in [1.165, 1.54) is 6.07 Å². The number of rotatable bonds is 13. The molecule has 0 atom stereocenters. The Morgan fingerprint density at radius 2 is 1.43 bits per heavy atom. The van der Waals surface area contributed by atoms with Crippen LogP contribution in [0.2, 0.25) is 0 Å². The maximum atomic E-state index is 13.8. The van der Waals surface area contributed by atoms with Gasteiger partial charge in [-0.05, 0) is 30.0 Å². The number of ether oxygens (including phenoxy) is 4. The van der Waals surface area contributed by atoms with E-state index < -0.39 is 0 Å². The summed E-state index contributed by atoms with van der Waals surface area (Å²) in [4.78, 5) is 0. The molecule has 0 saturated heterocycles. The van der Waals surface area contributed by atoms with E-state index in [2.05, 4.69) is 6.92 Å². The molecular weight excluding hydrogens is 299 g/mol. The highest BCUT2D eigenvalue weighted by molar-refractivity contribution is 5.30. The molecule has 1 rings (SSSR count). The predicted molar refractivity (Wildman–Crippen MR) is 88.7 cm³/mol. The van der Waals surface area contributed by atoms with Gasteiger partial charge in [-0.2, -0.15) is 0 Å². The predicted octanol–water partition coefficient (Wildman–Crippen LogP) is 3.79. The molecule has 4 nitrogen and oxygen atoms in total. The highest BCUT2D eigenvalue weighted by Crippen LogP contribution is 2.22. The lowest BCUT2D eigenvalue weighted by molar-refractivity contribution is 0.00926. The highest BCUT2D eigenvalue weighted by Gasteiger charge is 2.06. The second kappa shape index (κ2) is 12.3. The van der Waals surface area contributed by atoms with Crippen LogP contribution in [0.4, 0.5) is 4.39 Å². The third-order valence-electron chi connectivity index (χ3n) is 3.20. The average Bonchev–Trinajstić information content (AvgIpc) is 2.53. The van der Waals surface area contributed by atoms with Crippen LogP contribution in [0.1, 0.15) is 38.7 Å². The molecule has 0 bridgehead atoms. The van der Waals surface area contributed by atoms with Gasteiger partial charge in [-0.3, -0.25) is 0 Å². The summed E-state index contributed by atoms with van der Waals surface area (Å²) < 4.78 is 35.2. The van der Waals surface area contributed by atoms with Crippen molar-refractivity contribution in [1.29, 1.82) is 0 Å². The van der Waals surface area contributed by atoms with Crippen molar-refractivity contribution in [3.8, 4) is 5.75 Å². The highest BCUT2D eigenvalue weighted by atomic mass is 19.1. The zero-order valence-corrected chi connectivity index (χ0v) is 14.5. The molecule has 0 aliphatic carbocycles. The first kappa shape index (κ1) is 19.9. The summed E-state index contributed by atoms with van der Waals surface area (Å²) in [7, 11) is 0. The molecule has 0 aliphatic rings. The Balaban J connectivity index is 2.03. The lowest BCUT2D eigenvalue weighted by Crippen LogP contribution is -2.13. The first-order chi connectivity index (χ1) is 11.1. The van der Waals surface area contributed by atoms with Gasteiger partial charge in [0.1, 0.15) is 6.61 Å². The van der Waals surface area contributed by atoms with Gasteiger partial charge in [-0.15, -0.1) is 0 Å². The summed E-state index contributed by atoms with van der Waals surface area (Å²) in [5.74, 6) is 0.239. The number of hydrogen-bond acceptors (Lipinski definition) is 4. The molecule has 132 valence electrons. The van der Waals surface area contributed by atoms with E-state index in [9.17, 15) is 4.39 Å². The molecule has 5 heteroatoms. The number of halogens is 1. The van der Waals surface area contributed by atoms with Crippen LogP contribution >= 0.6 is 0 Å². The zero-order valence-electron chi connectivity index (χ0n) is 14.5. The number of hydrogen-bond donors (Lipinski definition) is 0. The Morgan fingerprint density at radius 3 is 1.96 bits per heavy atom. The van der Waals surface area contributed by atoms with Gasteiger partial charge in [0.05, 0.1) is 33.0 Å². The monoisotopic (exact) mass is 328 g/mol. The number of benzene rings is 1. The Kier molecular flexibility index (Phi) is 10.6. The molecule has 0 spiro atoms. The quantitative estimate of drug-likeness (QED) is 0.516. The van der Waals surface area contributed by atoms with Crippen molar-refractivity contribution >= 4 is 0 Å². The lowest BCUT2D eigenvalue weighted by atomic mass is 10.0. The molecule has 1 aromatic carbocycles. The van der Waals surface area contributed by atoms with Crippen LogP contribution in [0.25, 0.3) is 0 Å². The van der Waals surface area contributed by atoms with E-state index in [1.807, 2.05) is 19.9 Å². The van der Waals surface area contributed by atoms with Crippen molar-refractivity contribution in [2.45, 2.75) is 33.1 Å². The van der Waals surface area contributed by atoms with E-state index >= 15 is 0 Å². The lowest BCUT2D eigenvalue weighted by Gasteiger charge is -2.11. The Labute approximate surface area is 138 Å². The average molecular weight is 328 g/mol. The fourth-order valence-electron chi connectivity index (χ4n) is 1.89. The van der Waals surface area contributed by atoms with Crippen LogP contribution < -0.4 is 4.74 Å². The van der Waals surface area contributed by atoms with E-state index in [-0.39, 0.29) is 11.6 Å². The van der Waals surface area contributed by atoms with Crippen LogP contribution in [0.5, 0.6) is 5.75 Å². The second-order valence-corrected chi connectivity index (χ2v) is 5.53. The third kappa shape index (κ3) is 8.89. The van der Waals surface area contributed by atoms with Gasteiger partial charge in [-0.1, -0.05) is 26.8 Å². The summed E-state index contributed by atoms with van der Waals surface area (Å²) >= 11 is 0. The van der Waals surface area contributed by atoms with Gasteiger partial charge >= 0.3 is 0 Å². The third-order valence-corrected chi connectivity index (χ3v) is 3.20. The minimum atomic E-state index is -0.327. The molecule has 0 fully saturated rings. The largest absolute Gasteiger partial charge is 0.488 e. The molecular formula is C18H29FO4. The van der Waals surface area contributed by atoms with E-state index in [4.69, 9.17) is 18.9 Å². The van der Waals surface area contributed by atoms with Crippen LogP contribution in [0, 0.1) is 5.82 Å². The minimum Gasteiger partial charge on any atom is -0.488 e.